The quantitative estimate of drug-likeness (QED) is 0.134. The number of non-ortho nitro benzene ring substituents is 1. The Kier molecular flexibility index (Phi) is 7.93. The van der Waals surface area contributed by atoms with Gasteiger partial charge in [-0.2, -0.15) is 0 Å². The number of ether oxygens (including phenoxy) is 1. The number of Topliss-reactive ketones (excluding diaryl/α,β-unsaturated/α-hetero) is 1. The number of nitro groups is 1. The highest BCUT2D eigenvalue weighted by molar-refractivity contribution is 6.46. The van der Waals surface area contributed by atoms with E-state index in [1.54, 1.807) is 19.9 Å². The van der Waals surface area contributed by atoms with Crippen LogP contribution in [0, 0.1) is 24.0 Å². The molecule has 3 rings (SSSR count). The number of methoxy groups -OCH3 is 1. The van der Waals surface area contributed by atoms with Crippen LogP contribution in [0.15, 0.2) is 29.8 Å². The second kappa shape index (κ2) is 10.7. The summed E-state index contributed by atoms with van der Waals surface area (Å²) >= 11 is 0. The molecule has 0 saturated carbocycles. The van der Waals surface area contributed by atoms with Crippen molar-refractivity contribution in [1.29, 1.82) is 0 Å². The lowest BCUT2D eigenvalue weighted by molar-refractivity contribution is -0.384. The van der Waals surface area contributed by atoms with E-state index in [-0.39, 0.29) is 29.1 Å². The summed E-state index contributed by atoms with van der Waals surface area (Å²) in [6.45, 7) is 9.28. The maximum absolute atomic E-state index is 13.3. The highest BCUT2D eigenvalue weighted by atomic mass is 16.6. The van der Waals surface area contributed by atoms with Crippen molar-refractivity contribution >= 4 is 29.1 Å². The smallest absolute Gasteiger partial charge is 0.354 e. The molecule has 1 aliphatic heterocycles. The molecule has 36 heavy (non-hydrogen) atoms. The lowest BCUT2D eigenvalue weighted by Crippen LogP contribution is -2.38. The zero-order valence-electron chi connectivity index (χ0n) is 21.0. The Morgan fingerprint density at radius 2 is 1.92 bits per heavy atom. The number of aliphatic hydroxyl groups is 1. The minimum atomic E-state index is -1.05. The summed E-state index contributed by atoms with van der Waals surface area (Å²) in [6, 6.07) is 4.62. The number of aromatic amines is 1. The lowest BCUT2D eigenvalue weighted by atomic mass is 9.93. The number of esters is 1. The van der Waals surface area contributed by atoms with Gasteiger partial charge in [0.25, 0.3) is 17.4 Å². The van der Waals surface area contributed by atoms with Gasteiger partial charge in [-0.05, 0) is 38.1 Å². The van der Waals surface area contributed by atoms with Gasteiger partial charge < -0.3 is 24.6 Å². The van der Waals surface area contributed by atoms with Crippen LogP contribution in [-0.2, 0) is 14.3 Å². The van der Waals surface area contributed by atoms with Crippen LogP contribution in [0.2, 0.25) is 0 Å². The molecule has 2 N–H and O–H groups in total. The van der Waals surface area contributed by atoms with Crippen LogP contribution < -0.4 is 0 Å². The Bertz CT molecular complexity index is 1240. The maximum Gasteiger partial charge on any atom is 0.354 e. The first-order valence-electron chi connectivity index (χ1n) is 11.6. The third-order valence-corrected chi connectivity index (χ3v) is 6.55. The van der Waals surface area contributed by atoms with E-state index in [0.29, 0.717) is 23.4 Å². The van der Waals surface area contributed by atoms with E-state index in [9.17, 15) is 29.6 Å². The number of benzene rings is 1. The van der Waals surface area contributed by atoms with E-state index in [1.165, 1.54) is 30.2 Å². The highest BCUT2D eigenvalue weighted by Gasteiger charge is 2.46. The van der Waals surface area contributed by atoms with E-state index in [2.05, 4.69) is 9.88 Å². The van der Waals surface area contributed by atoms with Crippen molar-refractivity contribution in [3.63, 3.8) is 0 Å². The van der Waals surface area contributed by atoms with Crippen molar-refractivity contribution in [2.24, 2.45) is 0 Å². The molecule has 1 aromatic carbocycles. The molecule has 192 valence electrons. The fraction of sp³-hybridized carbons (Fsp3) is 0.400. The van der Waals surface area contributed by atoms with E-state index < -0.39 is 34.4 Å². The van der Waals surface area contributed by atoms with Crippen LogP contribution in [0.5, 0.6) is 0 Å². The first kappa shape index (κ1) is 26.6. The van der Waals surface area contributed by atoms with Gasteiger partial charge in [0.2, 0.25) is 0 Å². The number of hydrogen-bond acceptors (Lipinski definition) is 8. The van der Waals surface area contributed by atoms with Crippen LogP contribution in [0.25, 0.3) is 5.76 Å². The van der Waals surface area contributed by atoms with Gasteiger partial charge in [0.1, 0.15) is 11.5 Å². The van der Waals surface area contributed by atoms with Gasteiger partial charge in [0.15, 0.2) is 0 Å². The average Bonchev–Trinajstić information content (AvgIpc) is 3.30. The number of hydrogen-bond donors (Lipinski definition) is 2. The molecule has 1 amide bonds. The average molecular weight is 499 g/mol. The molecule has 2 aromatic rings. The van der Waals surface area contributed by atoms with Crippen molar-refractivity contribution < 1.29 is 29.2 Å². The summed E-state index contributed by atoms with van der Waals surface area (Å²) in [6.07, 6.45) is 0. The van der Waals surface area contributed by atoms with Crippen LogP contribution in [0.1, 0.15) is 52.8 Å². The van der Waals surface area contributed by atoms with Crippen LogP contribution in [0.3, 0.4) is 0 Å². The number of likely N-dealkylation sites (N-methyl/N-ethyl adjacent to an activating group) is 1. The van der Waals surface area contributed by atoms with Gasteiger partial charge in [-0.3, -0.25) is 19.7 Å². The topological polar surface area (TPSA) is 146 Å². The van der Waals surface area contributed by atoms with Crippen molar-refractivity contribution in [2.75, 3.05) is 33.3 Å². The third kappa shape index (κ3) is 4.74. The molecule has 1 aliphatic rings. The van der Waals surface area contributed by atoms with E-state index >= 15 is 0 Å². The number of rotatable bonds is 9. The van der Waals surface area contributed by atoms with Crippen LogP contribution >= 0.6 is 0 Å². The summed E-state index contributed by atoms with van der Waals surface area (Å²) in [5, 5.41) is 22.8. The fourth-order valence-corrected chi connectivity index (χ4v) is 4.60. The first-order valence-corrected chi connectivity index (χ1v) is 11.6. The van der Waals surface area contributed by atoms with Crippen molar-refractivity contribution in [1.82, 2.24) is 14.8 Å². The van der Waals surface area contributed by atoms with Gasteiger partial charge in [-0.1, -0.05) is 26.0 Å². The number of aromatic nitrogens is 1. The maximum atomic E-state index is 13.3. The summed E-state index contributed by atoms with van der Waals surface area (Å²) in [4.78, 5) is 55.8. The van der Waals surface area contributed by atoms with Crippen molar-refractivity contribution in [2.45, 2.75) is 33.7 Å². The number of carbonyl (C=O) groups is 3. The molecule has 0 unspecified atom stereocenters. The molecule has 1 aromatic heterocycles. The van der Waals surface area contributed by atoms with Crippen LogP contribution in [0.4, 0.5) is 5.69 Å². The Morgan fingerprint density at radius 3 is 2.50 bits per heavy atom. The summed E-state index contributed by atoms with van der Waals surface area (Å²) in [5.41, 5.74) is 0.988. The molecule has 0 bridgehead atoms. The number of nitro benzene ring substituents is 1. The summed E-state index contributed by atoms with van der Waals surface area (Å²) in [7, 11) is 1.22. The second-order valence-electron chi connectivity index (χ2n) is 8.49. The number of H-pyrrole nitrogens is 1. The van der Waals surface area contributed by atoms with Gasteiger partial charge in [0, 0.05) is 36.5 Å². The molecule has 0 radical (unpaired) electrons. The minimum Gasteiger partial charge on any atom is -0.507 e. The predicted molar refractivity (Wildman–Crippen MR) is 132 cm³/mol. The zero-order valence-corrected chi connectivity index (χ0v) is 21.0. The van der Waals surface area contributed by atoms with Gasteiger partial charge in [-0.15, -0.1) is 0 Å². The number of likely N-dealkylation sites (tertiary alicyclic amines) is 1. The Morgan fingerprint density at radius 1 is 1.25 bits per heavy atom. The summed E-state index contributed by atoms with van der Waals surface area (Å²) < 4.78 is 4.78. The number of amides is 1. The minimum absolute atomic E-state index is 0.110. The van der Waals surface area contributed by atoms with Gasteiger partial charge in [0.05, 0.1) is 23.6 Å². The Hall–Kier alpha value is -3.99. The molecular formula is C25H30N4O7. The number of ketones is 1. The van der Waals surface area contributed by atoms with E-state index in [4.69, 9.17) is 4.74 Å². The monoisotopic (exact) mass is 498 g/mol. The van der Waals surface area contributed by atoms with Crippen molar-refractivity contribution in [3.05, 3.63) is 68.0 Å². The number of nitrogens with zero attached hydrogens (tertiary/aromatic N) is 3. The number of aryl methyl sites for hydroxylation is 1. The number of aliphatic hydroxyl groups excluding tert-OH is 1. The molecule has 1 atom stereocenters. The second-order valence-corrected chi connectivity index (χ2v) is 8.49. The molecule has 0 aliphatic carbocycles. The van der Waals surface area contributed by atoms with Gasteiger partial charge >= 0.3 is 5.97 Å². The van der Waals surface area contributed by atoms with E-state index in [1.807, 2.05) is 13.8 Å². The molecule has 11 nitrogen and oxygen atoms in total. The molecule has 2 heterocycles. The molecule has 1 fully saturated rings. The Labute approximate surface area is 208 Å². The molecule has 0 spiro atoms. The molecular weight excluding hydrogens is 468 g/mol. The molecule has 1 saturated heterocycles. The molecule has 11 heteroatoms. The normalized spacial score (nSPS) is 17.2. The third-order valence-electron chi connectivity index (χ3n) is 6.55. The van der Waals surface area contributed by atoms with E-state index in [0.717, 1.165) is 13.1 Å². The van der Waals surface area contributed by atoms with Gasteiger partial charge in [-0.25, -0.2) is 4.79 Å². The highest BCUT2D eigenvalue weighted by Crippen LogP contribution is 2.41. The predicted octanol–water partition coefficient (Wildman–Crippen LogP) is 3.09. The lowest BCUT2D eigenvalue weighted by Gasteiger charge is -2.28. The summed E-state index contributed by atoms with van der Waals surface area (Å²) in [5.74, 6) is -2.82. The van der Waals surface area contributed by atoms with Crippen LogP contribution in [-0.4, -0.2) is 75.8 Å². The van der Waals surface area contributed by atoms with Crippen molar-refractivity contribution in [3.8, 4) is 0 Å². The number of carbonyl (C=O) groups excluding carboxylic acids is 3. The zero-order chi connectivity index (χ0) is 26.7. The number of nitrogens with one attached hydrogen (secondary N) is 1. The SMILES string of the molecule is CCN(CC)CCN1C(=O)C(=O)C(=C(O)c2c(C)[nH]c(C(=O)OC)c2C)[C@H]1c1cccc([N+](=O)[O-])c1. The standard InChI is InChI=1S/C25H30N4O7/c1-6-27(7-2)11-12-28-21(16-9-8-10-17(13-16)29(34)35)19(23(31)24(28)32)22(30)18-14(3)20(25(33)36-5)26-15(18)4/h8-10,13,21,26,30H,6-7,11-12H2,1-5H3/t21-/m1/s1. The largest absolute Gasteiger partial charge is 0.507 e. The fourth-order valence-electron chi connectivity index (χ4n) is 4.60. The Balaban J connectivity index is 2.22. The first-order chi connectivity index (χ1) is 17.1.